The molecule has 1 atom stereocenters. The van der Waals surface area contributed by atoms with E-state index in [2.05, 4.69) is 90.5 Å². The van der Waals surface area contributed by atoms with Crippen LogP contribution in [-0.4, -0.2) is 14.8 Å². The minimum atomic E-state index is 0. The van der Waals surface area contributed by atoms with Crippen molar-refractivity contribution in [1.29, 1.82) is 0 Å². The van der Waals surface area contributed by atoms with Gasteiger partial charge in [-0.1, -0.05) is 56.1 Å². The van der Waals surface area contributed by atoms with Crippen molar-refractivity contribution >= 4 is 44.3 Å². The summed E-state index contributed by atoms with van der Waals surface area (Å²) in [5, 5.41) is 4.26. The van der Waals surface area contributed by atoms with Crippen molar-refractivity contribution in [2.75, 3.05) is 0 Å². The number of aryl methyl sites for hydroxylation is 1. The van der Waals surface area contributed by atoms with Gasteiger partial charge in [-0.25, -0.2) is 4.98 Å². The molecule has 1 aromatic heterocycles. The van der Waals surface area contributed by atoms with Gasteiger partial charge in [-0.2, -0.15) is 5.10 Å². The molecule has 0 radical (unpaired) electrons. The topological polar surface area (TPSA) is 30.7 Å². The van der Waals surface area contributed by atoms with Crippen LogP contribution in [0.5, 0.6) is 0 Å². The minimum absolute atomic E-state index is 0. The molecule has 0 saturated heterocycles. The number of aromatic nitrogens is 3. The van der Waals surface area contributed by atoms with Gasteiger partial charge in [0.15, 0.2) is 0 Å². The third kappa shape index (κ3) is 5.43. The van der Waals surface area contributed by atoms with E-state index in [1.165, 1.54) is 11.1 Å². The van der Waals surface area contributed by atoms with Crippen LogP contribution in [0.1, 0.15) is 23.5 Å². The van der Waals surface area contributed by atoms with Crippen molar-refractivity contribution in [2.45, 2.75) is 25.3 Å². The number of benzene rings is 2. The van der Waals surface area contributed by atoms with Gasteiger partial charge in [0, 0.05) is 21.4 Å². The molecule has 1 heterocycles. The number of nitrogens with zero attached hydrogens (tertiary/aromatic N) is 3. The first-order chi connectivity index (χ1) is 11.2. The Morgan fingerprint density at radius 2 is 1.54 bits per heavy atom. The van der Waals surface area contributed by atoms with Gasteiger partial charge in [-0.3, -0.25) is 4.68 Å². The Labute approximate surface area is 165 Å². The zero-order valence-corrected chi connectivity index (χ0v) is 17.0. The quantitative estimate of drug-likeness (QED) is 0.466. The lowest BCUT2D eigenvalue weighted by molar-refractivity contribution is 0.488. The molecule has 0 saturated carbocycles. The lowest BCUT2D eigenvalue weighted by atomic mass is 9.92. The second-order valence-corrected chi connectivity index (χ2v) is 7.36. The molecule has 0 aliphatic rings. The van der Waals surface area contributed by atoms with Gasteiger partial charge in [-0.15, -0.1) is 12.4 Å². The van der Waals surface area contributed by atoms with Crippen LogP contribution in [0.2, 0.25) is 0 Å². The monoisotopic (exact) mass is 469 g/mol. The molecular weight excluding hydrogens is 453 g/mol. The molecule has 0 aliphatic carbocycles. The number of rotatable bonds is 6. The first-order valence-corrected chi connectivity index (χ1v) is 9.11. The molecule has 0 N–H and O–H groups in total. The van der Waals surface area contributed by atoms with E-state index in [4.69, 9.17) is 0 Å². The molecule has 0 bridgehead atoms. The van der Waals surface area contributed by atoms with Crippen LogP contribution in [0.4, 0.5) is 0 Å². The van der Waals surface area contributed by atoms with E-state index in [1.54, 1.807) is 12.7 Å². The Kier molecular flexibility index (Phi) is 7.46. The molecule has 3 rings (SSSR count). The molecular formula is C18H18Br2ClN3. The number of halogens is 3. The summed E-state index contributed by atoms with van der Waals surface area (Å²) in [7, 11) is 0. The molecule has 0 fully saturated rings. The summed E-state index contributed by atoms with van der Waals surface area (Å²) in [4.78, 5) is 4.05. The van der Waals surface area contributed by atoms with E-state index in [-0.39, 0.29) is 12.4 Å². The molecule has 3 nitrogen and oxygen atoms in total. The fourth-order valence-electron chi connectivity index (χ4n) is 2.64. The molecule has 24 heavy (non-hydrogen) atoms. The van der Waals surface area contributed by atoms with E-state index in [9.17, 15) is 0 Å². The largest absolute Gasteiger partial charge is 0.252 e. The average Bonchev–Trinajstić information content (AvgIpc) is 3.07. The van der Waals surface area contributed by atoms with Gasteiger partial charge in [-0.05, 0) is 48.2 Å². The predicted molar refractivity (Wildman–Crippen MR) is 107 cm³/mol. The second kappa shape index (κ2) is 9.35. The highest BCUT2D eigenvalue weighted by Gasteiger charge is 2.13. The fraction of sp³-hybridized carbons (Fsp3) is 0.222. The highest BCUT2D eigenvalue weighted by Crippen LogP contribution is 2.25. The first-order valence-electron chi connectivity index (χ1n) is 7.53. The first kappa shape index (κ1) is 19.2. The van der Waals surface area contributed by atoms with Crippen molar-refractivity contribution in [3.63, 3.8) is 0 Å². The predicted octanol–water partition coefficient (Wildman–Crippen LogP) is 5.64. The van der Waals surface area contributed by atoms with Gasteiger partial charge < -0.3 is 0 Å². The van der Waals surface area contributed by atoms with Crippen LogP contribution in [-0.2, 0) is 13.0 Å². The summed E-state index contributed by atoms with van der Waals surface area (Å²) in [6.07, 6.45) is 5.49. The molecule has 0 aliphatic heterocycles. The summed E-state index contributed by atoms with van der Waals surface area (Å²) in [5.74, 6) is 0.411. The maximum absolute atomic E-state index is 4.26. The van der Waals surface area contributed by atoms with Crippen LogP contribution in [0.15, 0.2) is 70.1 Å². The van der Waals surface area contributed by atoms with Crippen molar-refractivity contribution < 1.29 is 0 Å². The van der Waals surface area contributed by atoms with Crippen molar-refractivity contribution in [3.8, 4) is 0 Å². The lowest BCUT2D eigenvalue weighted by Crippen LogP contribution is -2.11. The highest BCUT2D eigenvalue weighted by molar-refractivity contribution is 9.10. The summed E-state index contributed by atoms with van der Waals surface area (Å²) in [6.45, 7) is 0.845. The Hall–Kier alpha value is -1.17. The van der Waals surface area contributed by atoms with Crippen LogP contribution >= 0.6 is 44.3 Å². The molecule has 2 aromatic carbocycles. The number of hydrogen-bond donors (Lipinski definition) is 0. The Bertz CT molecular complexity index is 728. The molecule has 3 aromatic rings. The van der Waals surface area contributed by atoms with E-state index in [0.29, 0.717) is 5.92 Å². The fourth-order valence-corrected chi connectivity index (χ4v) is 3.17. The highest BCUT2D eigenvalue weighted by atomic mass is 79.9. The van der Waals surface area contributed by atoms with E-state index in [0.717, 1.165) is 28.3 Å². The molecule has 6 heteroatoms. The SMILES string of the molecule is Brc1ccc(CCC(Cn2cncn2)c2ccc(Br)cc2)cc1.Cl. The smallest absolute Gasteiger partial charge is 0.137 e. The van der Waals surface area contributed by atoms with Crippen LogP contribution in [0, 0.1) is 0 Å². The van der Waals surface area contributed by atoms with E-state index < -0.39 is 0 Å². The van der Waals surface area contributed by atoms with E-state index >= 15 is 0 Å². The summed E-state index contributed by atoms with van der Waals surface area (Å²) < 4.78 is 4.14. The van der Waals surface area contributed by atoms with Gasteiger partial charge >= 0.3 is 0 Å². The van der Waals surface area contributed by atoms with Crippen molar-refractivity contribution in [3.05, 3.63) is 81.3 Å². The lowest BCUT2D eigenvalue weighted by Gasteiger charge is -2.17. The Morgan fingerprint density at radius 1 is 0.917 bits per heavy atom. The standard InChI is InChI=1S/C18H17Br2N3.ClH/c19-17-7-2-14(3-8-17)1-4-16(11-23-13-21-12-22-23)15-5-9-18(20)10-6-15;/h2-3,5-10,12-13,16H,1,4,11H2;1H. The summed E-state index contributed by atoms with van der Waals surface area (Å²) >= 11 is 6.99. The van der Waals surface area contributed by atoms with Crippen molar-refractivity contribution in [1.82, 2.24) is 14.8 Å². The minimum Gasteiger partial charge on any atom is -0.252 e. The molecule has 1 unspecified atom stereocenters. The Balaban J connectivity index is 0.00000208. The maximum atomic E-state index is 4.26. The normalized spacial score (nSPS) is 11.8. The maximum Gasteiger partial charge on any atom is 0.137 e. The number of hydrogen-bond acceptors (Lipinski definition) is 2. The zero-order chi connectivity index (χ0) is 16.1. The van der Waals surface area contributed by atoms with Crippen LogP contribution in [0.25, 0.3) is 0 Å². The second-order valence-electron chi connectivity index (χ2n) is 5.53. The van der Waals surface area contributed by atoms with Crippen molar-refractivity contribution in [2.24, 2.45) is 0 Å². The van der Waals surface area contributed by atoms with Gasteiger partial charge in [0.1, 0.15) is 12.7 Å². The third-order valence-electron chi connectivity index (χ3n) is 3.91. The molecule has 126 valence electrons. The van der Waals surface area contributed by atoms with Gasteiger partial charge in [0.05, 0.1) is 0 Å². The molecule has 0 amide bonds. The Morgan fingerprint density at radius 3 is 2.12 bits per heavy atom. The summed E-state index contributed by atoms with van der Waals surface area (Å²) in [6, 6.07) is 17.1. The summed E-state index contributed by atoms with van der Waals surface area (Å²) in [5.41, 5.74) is 2.69. The van der Waals surface area contributed by atoms with Gasteiger partial charge in [0.2, 0.25) is 0 Å². The van der Waals surface area contributed by atoms with Gasteiger partial charge in [0.25, 0.3) is 0 Å². The zero-order valence-electron chi connectivity index (χ0n) is 13.0. The third-order valence-corrected chi connectivity index (χ3v) is 4.97. The van der Waals surface area contributed by atoms with Crippen LogP contribution < -0.4 is 0 Å². The average molecular weight is 472 g/mol. The van der Waals surface area contributed by atoms with E-state index in [1.807, 2.05) is 4.68 Å². The van der Waals surface area contributed by atoms with Crippen LogP contribution in [0.3, 0.4) is 0 Å². The molecule has 0 spiro atoms.